The summed E-state index contributed by atoms with van der Waals surface area (Å²) in [4.78, 5) is 11.6. The van der Waals surface area contributed by atoms with Crippen molar-refractivity contribution in [3.63, 3.8) is 0 Å². The monoisotopic (exact) mass is 365 g/mol. The molecule has 0 atom stereocenters. The highest BCUT2D eigenvalue weighted by Gasteiger charge is 2.37. The van der Waals surface area contributed by atoms with Crippen LogP contribution in [0.4, 0.5) is 5.69 Å². The van der Waals surface area contributed by atoms with Crippen molar-refractivity contribution >= 4 is 11.7 Å². The van der Waals surface area contributed by atoms with E-state index >= 15 is 0 Å². The Bertz CT molecular complexity index is 847. The SMILES string of the molecule is COC(=O)c1ccc(NCc2cc3c(cc2C)C(C)(C)CCC3(C)C)cc1. The second-order valence-electron chi connectivity index (χ2n) is 9.01. The van der Waals surface area contributed by atoms with Gasteiger partial charge in [0.25, 0.3) is 0 Å². The Morgan fingerprint density at radius 3 is 2.11 bits per heavy atom. The molecule has 27 heavy (non-hydrogen) atoms. The van der Waals surface area contributed by atoms with Crippen molar-refractivity contribution in [1.82, 2.24) is 0 Å². The topological polar surface area (TPSA) is 38.3 Å². The molecule has 2 aromatic carbocycles. The molecular weight excluding hydrogens is 334 g/mol. The van der Waals surface area contributed by atoms with E-state index in [1.807, 2.05) is 12.1 Å². The van der Waals surface area contributed by atoms with Gasteiger partial charge in [-0.1, -0.05) is 39.8 Å². The van der Waals surface area contributed by atoms with Gasteiger partial charge in [-0.25, -0.2) is 4.79 Å². The first-order chi connectivity index (χ1) is 12.6. The van der Waals surface area contributed by atoms with Gasteiger partial charge in [0.2, 0.25) is 0 Å². The van der Waals surface area contributed by atoms with Gasteiger partial charge in [0.1, 0.15) is 0 Å². The molecule has 0 aromatic heterocycles. The van der Waals surface area contributed by atoms with Crippen LogP contribution in [0.5, 0.6) is 0 Å². The fourth-order valence-electron chi connectivity index (χ4n) is 4.00. The van der Waals surface area contributed by atoms with Crippen molar-refractivity contribution in [2.45, 2.75) is 64.8 Å². The number of hydrogen-bond acceptors (Lipinski definition) is 3. The van der Waals surface area contributed by atoms with E-state index in [1.165, 1.54) is 42.2 Å². The van der Waals surface area contributed by atoms with Gasteiger partial charge in [-0.05, 0) is 77.1 Å². The number of hydrogen-bond donors (Lipinski definition) is 1. The fourth-order valence-corrected chi connectivity index (χ4v) is 4.00. The highest BCUT2D eigenvalue weighted by atomic mass is 16.5. The molecule has 3 rings (SSSR count). The number of carbonyl (C=O) groups is 1. The lowest BCUT2D eigenvalue weighted by Gasteiger charge is -2.42. The van der Waals surface area contributed by atoms with Crippen LogP contribution in [0.2, 0.25) is 0 Å². The molecule has 0 bridgehead atoms. The molecule has 0 aliphatic heterocycles. The molecule has 1 aliphatic carbocycles. The molecule has 0 unspecified atom stereocenters. The summed E-state index contributed by atoms with van der Waals surface area (Å²) >= 11 is 0. The van der Waals surface area contributed by atoms with E-state index in [9.17, 15) is 4.79 Å². The molecule has 0 radical (unpaired) electrons. The van der Waals surface area contributed by atoms with Crippen LogP contribution in [0.15, 0.2) is 36.4 Å². The fraction of sp³-hybridized carbons (Fsp3) is 0.458. The second-order valence-corrected chi connectivity index (χ2v) is 9.01. The smallest absolute Gasteiger partial charge is 0.337 e. The Hall–Kier alpha value is -2.29. The van der Waals surface area contributed by atoms with Gasteiger partial charge in [0, 0.05) is 12.2 Å². The average Bonchev–Trinajstić information content (AvgIpc) is 2.64. The van der Waals surface area contributed by atoms with E-state index < -0.39 is 0 Å². The van der Waals surface area contributed by atoms with Gasteiger partial charge < -0.3 is 10.1 Å². The lowest BCUT2D eigenvalue weighted by Crippen LogP contribution is -2.34. The third kappa shape index (κ3) is 3.87. The van der Waals surface area contributed by atoms with E-state index in [1.54, 1.807) is 12.1 Å². The largest absolute Gasteiger partial charge is 0.465 e. The number of benzene rings is 2. The molecule has 0 saturated heterocycles. The van der Waals surface area contributed by atoms with E-state index in [4.69, 9.17) is 4.74 Å². The number of aryl methyl sites for hydroxylation is 1. The number of carbonyl (C=O) groups excluding carboxylic acids is 1. The minimum Gasteiger partial charge on any atom is -0.465 e. The average molecular weight is 366 g/mol. The van der Waals surface area contributed by atoms with Crippen molar-refractivity contribution in [3.8, 4) is 0 Å². The molecule has 144 valence electrons. The Morgan fingerprint density at radius 2 is 1.56 bits per heavy atom. The number of methoxy groups -OCH3 is 1. The summed E-state index contributed by atoms with van der Waals surface area (Å²) in [5.74, 6) is -0.308. The summed E-state index contributed by atoms with van der Waals surface area (Å²) in [7, 11) is 1.40. The Labute approximate surface area is 163 Å². The summed E-state index contributed by atoms with van der Waals surface area (Å²) in [5, 5.41) is 3.49. The van der Waals surface area contributed by atoms with Crippen LogP contribution in [-0.4, -0.2) is 13.1 Å². The van der Waals surface area contributed by atoms with Crippen molar-refractivity contribution < 1.29 is 9.53 Å². The predicted molar refractivity (Wildman–Crippen MR) is 112 cm³/mol. The van der Waals surface area contributed by atoms with Crippen LogP contribution < -0.4 is 5.32 Å². The maximum atomic E-state index is 11.6. The van der Waals surface area contributed by atoms with Crippen LogP contribution >= 0.6 is 0 Å². The zero-order chi connectivity index (χ0) is 19.8. The number of fused-ring (bicyclic) bond motifs is 1. The molecule has 1 aliphatic rings. The van der Waals surface area contributed by atoms with Crippen LogP contribution in [0.25, 0.3) is 0 Å². The number of ether oxygens (including phenoxy) is 1. The highest BCUT2D eigenvalue weighted by molar-refractivity contribution is 5.89. The van der Waals surface area contributed by atoms with E-state index in [2.05, 4.69) is 52.1 Å². The highest BCUT2D eigenvalue weighted by Crippen LogP contribution is 2.46. The van der Waals surface area contributed by atoms with E-state index in [-0.39, 0.29) is 16.8 Å². The Kier molecular flexibility index (Phi) is 5.07. The van der Waals surface area contributed by atoms with Crippen molar-refractivity contribution in [2.75, 3.05) is 12.4 Å². The lowest BCUT2D eigenvalue weighted by atomic mass is 9.62. The minimum atomic E-state index is -0.308. The first-order valence-electron chi connectivity index (χ1n) is 9.71. The van der Waals surface area contributed by atoms with E-state index in [0.29, 0.717) is 5.56 Å². The summed E-state index contributed by atoms with van der Waals surface area (Å²) in [6.45, 7) is 12.4. The summed E-state index contributed by atoms with van der Waals surface area (Å²) in [5.41, 5.74) is 7.68. The predicted octanol–water partition coefficient (Wildman–Crippen LogP) is 5.74. The van der Waals surface area contributed by atoms with Crippen LogP contribution in [0.1, 0.15) is 73.1 Å². The second kappa shape index (κ2) is 7.03. The number of esters is 1. The summed E-state index contributed by atoms with van der Waals surface area (Å²) in [6.07, 6.45) is 2.45. The molecule has 0 saturated carbocycles. The Morgan fingerprint density at radius 1 is 1.00 bits per heavy atom. The van der Waals surface area contributed by atoms with Crippen molar-refractivity contribution in [1.29, 1.82) is 0 Å². The first kappa shape index (κ1) is 19.5. The minimum absolute atomic E-state index is 0.218. The number of rotatable bonds is 4. The lowest BCUT2D eigenvalue weighted by molar-refractivity contribution is 0.0601. The molecule has 0 amide bonds. The normalized spacial score (nSPS) is 17.1. The molecule has 1 N–H and O–H groups in total. The molecule has 3 heteroatoms. The van der Waals surface area contributed by atoms with Crippen LogP contribution in [0, 0.1) is 6.92 Å². The molecule has 2 aromatic rings. The van der Waals surface area contributed by atoms with Gasteiger partial charge in [-0.15, -0.1) is 0 Å². The molecule has 0 fully saturated rings. The van der Waals surface area contributed by atoms with E-state index in [0.717, 1.165) is 12.2 Å². The quantitative estimate of drug-likeness (QED) is 0.702. The van der Waals surface area contributed by atoms with Gasteiger partial charge in [-0.3, -0.25) is 0 Å². The van der Waals surface area contributed by atoms with Crippen LogP contribution in [-0.2, 0) is 22.1 Å². The molecule has 0 heterocycles. The van der Waals surface area contributed by atoms with Crippen molar-refractivity contribution in [2.24, 2.45) is 0 Å². The van der Waals surface area contributed by atoms with Crippen LogP contribution in [0.3, 0.4) is 0 Å². The summed E-state index contributed by atoms with van der Waals surface area (Å²) in [6, 6.07) is 12.2. The maximum absolute atomic E-state index is 11.6. The third-order valence-corrected chi connectivity index (χ3v) is 6.10. The van der Waals surface area contributed by atoms with Gasteiger partial charge in [0.15, 0.2) is 0 Å². The Balaban J connectivity index is 1.83. The number of anilines is 1. The van der Waals surface area contributed by atoms with Gasteiger partial charge in [-0.2, -0.15) is 0 Å². The first-order valence-corrected chi connectivity index (χ1v) is 9.71. The van der Waals surface area contributed by atoms with Gasteiger partial charge >= 0.3 is 5.97 Å². The molecular formula is C24H31NO2. The van der Waals surface area contributed by atoms with Gasteiger partial charge in [0.05, 0.1) is 12.7 Å². The zero-order valence-electron chi connectivity index (χ0n) is 17.4. The standard InChI is InChI=1S/C24H31NO2/c1-16-13-20-21(24(4,5)12-11-23(20,2)3)14-18(16)15-25-19-9-7-17(8-10-19)22(26)27-6/h7-10,13-14,25H,11-12,15H2,1-6H3. The third-order valence-electron chi connectivity index (χ3n) is 6.10. The maximum Gasteiger partial charge on any atom is 0.337 e. The summed E-state index contributed by atoms with van der Waals surface area (Å²) < 4.78 is 4.75. The zero-order valence-corrected chi connectivity index (χ0v) is 17.4. The molecule has 0 spiro atoms. The van der Waals surface area contributed by atoms with Crippen molar-refractivity contribution in [3.05, 3.63) is 64.2 Å². The number of nitrogens with one attached hydrogen (secondary N) is 1. The molecule has 3 nitrogen and oxygen atoms in total.